The largest absolute Gasteiger partial charge is 0.468 e. The van der Waals surface area contributed by atoms with Crippen LogP contribution in [0.4, 0.5) is 0 Å². The summed E-state index contributed by atoms with van der Waals surface area (Å²) >= 11 is 0. The first-order valence-electron chi connectivity index (χ1n) is 8.10. The molecular formula is C16H28N2O3. The second kappa shape index (κ2) is 7.25. The Hall–Kier alpha value is -1.10. The molecule has 120 valence electrons. The number of likely N-dealkylation sites (tertiary alicyclic amines) is 1. The van der Waals surface area contributed by atoms with Crippen molar-refractivity contribution in [2.45, 2.75) is 57.5 Å². The number of rotatable bonds is 4. The van der Waals surface area contributed by atoms with Crippen LogP contribution in [0, 0.1) is 5.92 Å². The van der Waals surface area contributed by atoms with Gasteiger partial charge in [0.25, 0.3) is 0 Å². The first-order chi connectivity index (χ1) is 10.0. The second-order valence-electron chi connectivity index (χ2n) is 6.57. The normalized spacial score (nSPS) is 30.1. The van der Waals surface area contributed by atoms with Crippen LogP contribution in [-0.2, 0) is 14.3 Å². The van der Waals surface area contributed by atoms with Crippen molar-refractivity contribution in [1.29, 1.82) is 0 Å². The molecule has 1 aliphatic heterocycles. The van der Waals surface area contributed by atoms with E-state index in [0.717, 1.165) is 38.1 Å². The Balaban J connectivity index is 1.87. The van der Waals surface area contributed by atoms with E-state index in [1.165, 1.54) is 20.0 Å². The van der Waals surface area contributed by atoms with Crippen molar-refractivity contribution in [1.82, 2.24) is 9.80 Å². The van der Waals surface area contributed by atoms with Gasteiger partial charge in [-0.05, 0) is 51.0 Å². The number of carbonyl (C=O) groups excluding carboxylic acids is 2. The van der Waals surface area contributed by atoms with Crippen molar-refractivity contribution >= 4 is 11.9 Å². The summed E-state index contributed by atoms with van der Waals surface area (Å²) in [4.78, 5) is 28.1. The van der Waals surface area contributed by atoms with Gasteiger partial charge in [0.05, 0.1) is 13.7 Å². The van der Waals surface area contributed by atoms with E-state index < -0.39 is 0 Å². The van der Waals surface area contributed by atoms with Gasteiger partial charge in [-0.2, -0.15) is 0 Å². The summed E-state index contributed by atoms with van der Waals surface area (Å²) < 4.78 is 4.83. The number of carbonyl (C=O) groups is 2. The minimum absolute atomic E-state index is 0.130. The molecule has 0 radical (unpaired) electrons. The van der Waals surface area contributed by atoms with Crippen molar-refractivity contribution in [3.63, 3.8) is 0 Å². The van der Waals surface area contributed by atoms with Gasteiger partial charge in [-0.25, -0.2) is 0 Å². The first kappa shape index (κ1) is 16.3. The molecular weight excluding hydrogens is 268 g/mol. The second-order valence-corrected chi connectivity index (χ2v) is 6.57. The van der Waals surface area contributed by atoms with Gasteiger partial charge in [0.1, 0.15) is 6.04 Å². The van der Waals surface area contributed by atoms with Gasteiger partial charge in [0.15, 0.2) is 0 Å². The highest BCUT2D eigenvalue weighted by Crippen LogP contribution is 2.27. The monoisotopic (exact) mass is 296 g/mol. The van der Waals surface area contributed by atoms with E-state index in [0.29, 0.717) is 12.6 Å². The fourth-order valence-corrected chi connectivity index (χ4v) is 3.54. The Morgan fingerprint density at radius 3 is 2.48 bits per heavy atom. The number of likely N-dealkylation sites (N-methyl/N-ethyl adjacent to an activating group) is 1. The molecule has 21 heavy (non-hydrogen) atoms. The van der Waals surface area contributed by atoms with Gasteiger partial charge in [-0.3, -0.25) is 14.5 Å². The summed E-state index contributed by atoms with van der Waals surface area (Å²) in [6, 6.07) is 0.131. The Bertz CT molecular complexity index is 378. The van der Waals surface area contributed by atoms with Crippen molar-refractivity contribution in [3.05, 3.63) is 0 Å². The topological polar surface area (TPSA) is 49.9 Å². The highest BCUT2D eigenvalue weighted by molar-refractivity contribution is 5.81. The zero-order valence-corrected chi connectivity index (χ0v) is 13.5. The van der Waals surface area contributed by atoms with E-state index in [-0.39, 0.29) is 17.9 Å². The predicted octanol–water partition coefficient (Wildman–Crippen LogP) is 1.66. The van der Waals surface area contributed by atoms with Gasteiger partial charge in [0, 0.05) is 13.1 Å². The van der Waals surface area contributed by atoms with E-state index in [2.05, 4.69) is 6.92 Å². The Morgan fingerprint density at radius 2 is 1.86 bits per heavy atom. The van der Waals surface area contributed by atoms with Crippen LogP contribution in [0.15, 0.2) is 0 Å². The molecule has 2 fully saturated rings. The number of hydrogen-bond acceptors (Lipinski definition) is 4. The average molecular weight is 296 g/mol. The van der Waals surface area contributed by atoms with Gasteiger partial charge >= 0.3 is 5.97 Å². The molecule has 0 bridgehead atoms. The SMILES string of the molecule is COC(=O)C1CCCN1CC(=O)N(C)C1CCC(C)CC1. The molecule has 5 heteroatoms. The van der Waals surface area contributed by atoms with E-state index >= 15 is 0 Å². The molecule has 2 aliphatic rings. The Labute approximate surface area is 127 Å². The number of ether oxygens (including phenoxy) is 1. The Morgan fingerprint density at radius 1 is 1.19 bits per heavy atom. The maximum atomic E-state index is 12.5. The lowest BCUT2D eigenvalue weighted by Gasteiger charge is -2.35. The van der Waals surface area contributed by atoms with Crippen molar-refractivity contribution < 1.29 is 14.3 Å². The van der Waals surface area contributed by atoms with Crippen LogP contribution >= 0.6 is 0 Å². The summed E-state index contributed by atoms with van der Waals surface area (Å²) in [7, 11) is 3.32. The molecule has 1 saturated heterocycles. The molecule has 2 rings (SSSR count). The molecule has 1 atom stereocenters. The summed E-state index contributed by atoms with van der Waals surface area (Å²) in [5.74, 6) is 0.701. The molecule has 1 unspecified atom stereocenters. The van der Waals surface area contributed by atoms with Gasteiger partial charge in [-0.1, -0.05) is 6.92 Å². The number of esters is 1. The van der Waals surface area contributed by atoms with Gasteiger partial charge in [-0.15, -0.1) is 0 Å². The molecule has 1 aliphatic carbocycles. The number of methoxy groups -OCH3 is 1. The van der Waals surface area contributed by atoms with Gasteiger partial charge < -0.3 is 9.64 Å². The zero-order chi connectivity index (χ0) is 15.4. The van der Waals surface area contributed by atoms with E-state index in [9.17, 15) is 9.59 Å². The van der Waals surface area contributed by atoms with Crippen molar-refractivity contribution in [2.75, 3.05) is 27.2 Å². The third-order valence-electron chi connectivity index (χ3n) is 5.10. The van der Waals surface area contributed by atoms with Crippen LogP contribution in [0.5, 0.6) is 0 Å². The average Bonchev–Trinajstić information content (AvgIpc) is 2.94. The standard InChI is InChI=1S/C16H28N2O3/c1-12-6-8-13(9-7-12)17(2)15(19)11-18-10-4-5-14(18)16(20)21-3/h12-14H,4-11H2,1-3H3. The van der Waals surface area contributed by atoms with Crippen LogP contribution in [0.25, 0.3) is 0 Å². The van der Waals surface area contributed by atoms with Crippen LogP contribution in [-0.4, -0.2) is 61.0 Å². The molecule has 0 aromatic carbocycles. The minimum Gasteiger partial charge on any atom is -0.468 e. The quantitative estimate of drug-likeness (QED) is 0.740. The van der Waals surface area contributed by atoms with E-state index in [1.807, 2.05) is 16.8 Å². The molecule has 5 nitrogen and oxygen atoms in total. The summed E-state index contributed by atoms with van der Waals surface area (Å²) in [5.41, 5.74) is 0. The van der Waals surface area contributed by atoms with Gasteiger partial charge in [0.2, 0.25) is 5.91 Å². The van der Waals surface area contributed by atoms with Crippen molar-refractivity contribution in [3.8, 4) is 0 Å². The van der Waals surface area contributed by atoms with Crippen LogP contribution in [0.3, 0.4) is 0 Å². The number of hydrogen-bond donors (Lipinski definition) is 0. The lowest BCUT2D eigenvalue weighted by molar-refractivity contribution is -0.147. The van der Waals surface area contributed by atoms with E-state index in [4.69, 9.17) is 4.74 Å². The van der Waals surface area contributed by atoms with Crippen molar-refractivity contribution in [2.24, 2.45) is 5.92 Å². The highest BCUT2D eigenvalue weighted by atomic mass is 16.5. The Kier molecular flexibility index (Phi) is 5.62. The smallest absolute Gasteiger partial charge is 0.323 e. The molecule has 0 aromatic heterocycles. The fourth-order valence-electron chi connectivity index (χ4n) is 3.54. The molecule has 0 N–H and O–H groups in total. The molecule has 0 spiro atoms. The van der Waals surface area contributed by atoms with Crippen LogP contribution in [0.2, 0.25) is 0 Å². The van der Waals surface area contributed by atoms with Crippen LogP contribution in [0.1, 0.15) is 45.4 Å². The maximum Gasteiger partial charge on any atom is 0.323 e. The first-order valence-corrected chi connectivity index (χ1v) is 8.10. The molecule has 1 heterocycles. The zero-order valence-electron chi connectivity index (χ0n) is 13.5. The number of amides is 1. The third kappa shape index (κ3) is 3.96. The van der Waals surface area contributed by atoms with E-state index in [1.54, 1.807) is 0 Å². The minimum atomic E-state index is -0.237. The maximum absolute atomic E-state index is 12.5. The molecule has 1 amide bonds. The fraction of sp³-hybridized carbons (Fsp3) is 0.875. The highest BCUT2D eigenvalue weighted by Gasteiger charge is 2.34. The van der Waals surface area contributed by atoms with Crippen LogP contribution < -0.4 is 0 Å². The number of nitrogens with zero attached hydrogens (tertiary/aromatic N) is 2. The molecule has 1 saturated carbocycles. The summed E-state index contributed by atoms with van der Waals surface area (Å²) in [5, 5.41) is 0. The molecule has 0 aromatic rings. The predicted molar refractivity (Wildman–Crippen MR) is 80.8 cm³/mol. The lowest BCUT2D eigenvalue weighted by Crippen LogP contribution is -2.47. The third-order valence-corrected chi connectivity index (χ3v) is 5.10. The summed E-state index contributed by atoms with van der Waals surface area (Å²) in [6.45, 7) is 3.42. The lowest BCUT2D eigenvalue weighted by atomic mass is 9.87. The summed E-state index contributed by atoms with van der Waals surface area (Å²) in [6.07, 6.45) is 6.36.